The van der Waals surface area contributed by atoms with Gasteiger partial charge in [0.05, 0.1) is 0 Å². The summed E-state index contributed by atoms with van der Waals surface area (Å²) in [5.74, 6) is 1.37. The Hall–Kier alpha value is -3.22. The second kappa shape index (κ2) is 8.43. The molecule has 152 valence electrons. The van der Waals surface area contributed by atoms with E-state index in [1.54, 1.807) is 37.3 Å². The molecule has 0 bridgehead atoms. The van der Waals surface area contributed by atoms with Crippen LogP contribution in [0, 0.1) is 0 Å². The van der Waals surface area contributed by atoms with Crippen molar-refractivity contribution in [3.8, 4) is 17.2 Å². The number of para-hydroxylation sites is 2. The number of carbonyl (C=O) groups is 2. The van der Waals surface area contributed by atoms with Crippen LogP contribution in [-0.2, 0) is 9.59 Å². The quantitative estimate of drug-likeness (QED) is 0.841. The molecule has 7 heteroatoms. The average molecular weight is 396 g/mol. The molecule has 2 aromatic carbocycles. The Morgan fingerprint density at radius 2 is 1.79 bits per heavy atom. The zero-order chi connectivity index (χ0) is 20.2. The van der Waals surface area contributed by atoms with Crippen molar-refractivity contribution >= 4 is 17.5 Å². The molecule has 1 fully saturated rings. The van der Waals surface area contributed by atoms with E-state index in [-0.39, 0.29) is 18.4 Å². The minimum Gasteiger partial charge on any atom is -0.484 e. The molecule has 2 atom stereocenters. The first-order valence-electron chi connectivity index (χ1n) is 9.84. The number of nitrogens with one attached hydrogen (secondary N) is 1. The van der Waals surface area contributed by atoms with Gasteiger partial charge < -0.3 is 24.4 Å². The Kier molecular flexibility index (Phi) is 5.55. The van der Waals surface area contributed by atoms with Gasteiger partial charge in [-0.2, -0.15) is 0 Å². The van der Waals surface area contributed by atoms with Gasteiger partial charge in [-0.15, -0.1) is 0 Å². The van der Waals surface area contributed by atoms with Crippen LogP contribution in [0.15, 0.2) is 48.5 Å². The highest BCUT2D eigenvalue weighted by atomic mass is 16.6. The van der Waals surface area contributed by atoms with Gasteiger partial charge in [0, 0.05) is 24.8 Å². The summed E-state index contributed by atoms with van der Waals surface area (Å²) in [5.41, 5.74) is 0.566. The van der Waals surface area contributed by atoms with Gasteiger partial charge in [-0.25, -0.2) is 0 Å². The van der Waals surface area contributed by atoms with Crippen molar-refractivity contribution in [2.45, 2.75) is 32.0 Å². The topological polar surface area (TPSA) is 77.1 Å². The number of fused-ring (bicyclic) bond motifs is 1. The van der Waals surface area contributed by atoms with Crippen LogP contribution in [0.1, 0.15) is 19.8 Å². The van der Waals surface area contributed by atoms with Gasteiger partial charge in [-0.05, 0) is 44.0 Å². The van der Waals surface area contributed by atoms with Crippen LogP contribution in [-0.4, -0.2) is 48.6 Å². The van der Waals surface area contributed by atoms with Gasteiger partial charge in [0.1, 0.15) is 11.9 Å². The van der Waals surface area contributed by atoms with E-state index in [4.69, 9.17) is 14.2 Å². The first-order chi connectivity index (χ1) is 14.1. The van der Waals surface area contributed by atoms with Crippen LogP contribution in [0.2, 0.25) is 0 Å². The normalized spacial score (nSPS) is 20.2. The maximum atomic E-state index is 12.7. The Balaban J connectivity index is 1.36. The van der Waals surface area contributed by atoms with Crippen LogP contribution in [0.4, 0.5) is 5.69 Å². The minimum absolute atomic E-state index is 0.00913. The van der Waals surface area contributed by atoms with E-state index in [0.717, 1.165) is 25.9 Å². The number of ether oxygens (including phenoxy) is 3. The van der Waals surface area contributed by atoms with Gasteiger partial charge in [0.25, 0.3) is 11.8 Å². The van der Waals surface area contributed by atoms with Crippen molar-refractivity contribution < 1.29 is 23.8 Å². The lowest BCUT2D eigenvalue weighted by Gasteiger charge is -2.31. The third-order valence-corrected chi connectivity index (χ3v) is 5.02. The van der Waals surface area contributed by atoms with Crippen molar-refractivity contribution in [3.05, 3.63) is 48.5 Å². The molecule has 2 unspecified atom stereocenters. The van der Waals surface area contributed by atoms with Gasteiger partial charge >= 0.3 is 0 Å². The standard InChI is InChI=1S/C22H24N2O5/c1-15-21(29-19-10-3-2-9-18(19)28-15)22(26)23-16-7-6-8-17(13-16)27-14-20(25)24-11-4-5-12-24/h2-3,6-10,13,15,21H,4-5,11-12,14H2,1H3,(H,23,26). The van der Waals surface area contributed by atoms with Crippen molar-refractivity contribution in [1.29, 1.82) is 0 Å². The van der Waals surface area contributed by atoms with Gasteiger partial charge in [0.2, 0.25) is 6.10 Å². The number of hydrogen-bond acceptors (Lipinski definition) is 5. The first kappa shape index (κ1) is 19.1. The van der Waals surface area contributed by atoms with E-state index >= 15 is 0 Å². The van der Waals surface area contributed by atoms with Crippen molar-refractivity contribution in [2.75, 3.05) is 25.0 Å². The highest BCUT2D eigenvalue weighted by Gasteiger charge is 2.34. The first-order valence-corrected chi connectivity index (χ1v) is 9.84. The largest absolute Gasteiger partial charge is 0.484 e. The summed E-state index contributed by atoms with van der Waals surface area (Å²) in [6, 6.07) is 14.2. The third kappa shape index (κ3) is 4.45. The maximum Gasteiger partial charge on any atom is 0.269 e. The lowest BCUT2D eigenvalue weighted by atomic mass is 10.1. The fraction of sp³-hybridized carbons (Fsp3) is 0.364. The van der Waals surface area contributed by atoms with Crippen molar-refractivity contribution in [3.63, 3.8) is 0 Å². The molecule has 0 radical (unpaired) electrons. The second-order valence-electron chi connectivity index (χ2n) is 7.20. The molecule has 2 aliphatic rings. The highest BCUT2D eigenvalue weighted by Crippen LogP contribution is 2.33. The molecule has 1 N–H and O–H groups in total. The molecular weight excluding hydrogens is 372 g/mol. The summed E-state index contributed by atoms with van der Waals surface area (Å²) in [6.45, 7) is 3.38. The highest BCUT2D eigenvalue weighted by molar-refractivity contribution is 5.95. The number of carbonyl (C=O) groups excluding carboxylic acids is 2. The van der Waals surface area contributed by atoms with Gasteiger partial charge in [-0.3, -0.25) is 9.59 Å². The fourth-order valence-electron chi connectivity index (χ4n) is 3.49. The number of anilines is 1. The zero-order valence-electron chi connectivity index (χ0n) is 16.3. The SMILES string of the molecule is CC1Oc2ccccc2OC1C(=O)Nc1cccc(OCC(=O)N2CCCC2)c1. The summed E-state index contributed by atoms with van der Waals surface area (Å²) in [5, 5.41) is 2.84. The molecule has 0 aliphatic carbocycles. The predicted molar refractivity (Wildman–Crippen MR) is 107 cm³/mol. The smallest absolute Gasteiger partial charge is 0.269 e. The van der Waals surface area contributed by atoms with Crippen LogP contribution >= 0.6 is 0 Å². The van der Waals surface area contributed by atoms with Gasteiger partial charge in [-0.1, -0.05) is 18.2 Å². The number of rotatable bonds is 5. The molecule has 2 heterocycles. The van der Waals surface area contributed by atoms with Crippen LogP contribution in [0.25, 0.3) is 0 Å². The Labute approximate surface area is 169 Å². The summed E-state index contributed by atoms with van der Waals surface area (Å²) >= 11 is 0. The third-order valence-electron chi connectivity index (χ3n) is 5.02. The summed E-state index contributed by atoms with van der Waals surface area (Å²) in [7, 11) is 0. The molecule has 0 saturated carbocycles. The number of likely N-dealkylation sites (tertiary alicyclic amines) is 1. The molecule has 29 heavy (non-hydrogen) atoms. The number of benzene rings is 2. The number of nitrogens with zero attached hydrogens (tertiary/aromatic N) is 1. The summed E-state index contributed by atoms with van der Waals surface area (Å²) in [4.78, 5) is 26.7. The zero-order valence-corrected chi connectivity index (χ0v) is 16.3. The van der Waals surface area contributed by atoms with Crippen LogP contribution < -0.4 is 19.5 Å². The molecule has 4 rings (SSSR count). The maximum absolute atomic E-state index is 12.7. The molecule has 0 aromatic heterocycles. The minimum atomic E-state index is -0.772. The van der Waals surface area contributed by atoms with E-state index in [0.29, 0.717) is 22.9 Å². The van der Waals surface area contributed by atoms with Crippen molar-refractivity contribution in [2.24, 2.45) is 0 Å². The Morgan fingerprint density at radius 3 is 2.55 bits per heavy atom. The number of amides is 2. The monoisotopic (exact) mass is 396 g/mol. The average Bonchev–Trinajstić information content (AvgIpc) is 3.27. The molecular formula is C22H24N2O5. The van der Waals surface area contributed by atoms with Crippen molar-refractivity contribution in [1.82, 2.24) is 4.90 Å². The van der Waals surface area contributed by atoms with E-state index in [9.17, 15) is 9.59 Å². The second-order valence-corrected chi connectivity index (χ2v) is 7.20. The molecule has 2 aromatic rings. The molecule has 2 amide bonds. The Morgan fingerprint density at radius 1 is 1.07 bits per heavy atom. The molecule has 0 spiro atoms. The van der Waals surface area contributed by atoms with E-state index in [1.165, 1.54) is 0 Å². The molecule has 7 nitrogen and oxygen atoms in total. The van der Waals surface area contributed by atoms with Gasteiger partial charge in [0.15, 0.2) is 18.1 Å². The molecule has 1 saturated heterocycles. The fourth-order valence-corrected chi connectivity index (χ4v) is 3.49. The lowest BCUT2D eigenvalue weighted by molar-refractivity contribution is -0.132. The predicted octanol–water partition coefficient (Wildman–Crippen LogP) is 2.85. The van der Waals surface area contributed by atoms with E-state index < -0.39 is 12.2 Å². The van der Waals surface area contributed by atoms with Crippen LogP contribution in [0.5, 0.6) is 17.2 Å². The summed E-state index contributed by atoms with van der Waals surface area (Å²) < 4.78 is 17.2. The Bertz CT molecular complexity index is 894. The van der Waals surface area contributed by atoms with E-state index in [1.807, 2.05) is 23.1 Å². The van der Waals surface area contributed by atoms with Crippen LogP contribution in [0.3, 0.4) is 0 Å². The summed E-state index contributed by atoms with van der Waals surface area (Å²) in [6.07, 6.45) is 0.889. The number of hydrogen-bond donors (Lipinski definition) is 1. The van der Waals surface area contributed by atoms with E-state index in [2.05, 4.69) is 5.32 Å². The molecule has 2 aliphatic heterocycles. The lowest BCUT2D eigenvalue weighted by Crippen LogP contribution is -2.46.